The number of hydrogen-bond acceptors (Lipinski definition) is 6. The normalized spacial score (nSPS) is 16.9. The van der Waals surface area contributed by atoms with Crippen LogP contribution in [0.2, 0.25) is 0 Å². The highest BCUT2D eigenvalue weighted by atomic mass is 15.5. The van der Waals surface area contributed by atoms with Crippen molar-refractivity contribution in [2.45, 2.75) is 20.8 Å². The van der Waals surface area contributed by atoms with Gasteiger partial charge >= 0.3 is 0 Å². The Morgan fingerprint density at radius 1 is 0.955 bits per heavy atom. The van der Waals surface area contributed by atoms with Gasteiger partial charge in [0, 0.05) is 43.6 Å². The van der Waals surface area contributed by atoms with E-state index in [-0.39, 0.29) is 0 Å². The van der Waals surface area contributed by atoms with Gasteiger partial charge in [-0.15, -0.1) is 0 Å². The van der Waals surface area contributed by atoms with E-state index in [0.717, 1.165) is 49.1 Å². The standard InChI is InChI=1S/C15H23N7/c1-11-10-14(19-21-7-5-20(4)6-8-21)17-15(16-11)22-13(3)9-12(2)18-22/h9-10H,5-8H2,1-4H3,(H,16,17,19). The van der Waals surface area contributed by atoms with Crippen molar-refractivity contribution in [1.29, 1.82) is 0 Å². The first-order valence-electron chi connectivity index (χ1n) is 7.61. The molecule has 7 heteroatoms. The number of rotatable bonds is 3. The van der Waals surface area contributed by atoms with E-state index in [4.69, 9.17) is 0 Å². The van der Waals surface area contributed by atoms with E-state index in [1.54, 1.807) is 4.68 Å². The molecular formula is C15H23N7. The maximum absolute atomic E-state index is 4.61. The minimum absolute atomic E-state index is 0.613. The SMILES string of the molecule is Cc1cc(NN2CCN(C)CC2)nc(-n2nc(C)cc2C)n1. The number of anilines is 1. The van der Waals surface area contributed by atoms with Gasteiger partial charge in [0.1, 0.15) is 5.82 Å². The zero-order valence-electron chi connectivity index (χ0n) is 13.7. The summed E-state index contributed by atoms with van der Waals surface area (Å²) in [6.07, 6.45) is 0. The lowest BCUT2D eigenvalue weighted by Gasteiger charge is -2.32. The molecule has 1 aliphatic rings. The Bertz CT molecular complexity index is 656. The fourth-order valence-corrected chi connectivity index (χ4v) is 2.62. The smallest absolute Gasteiger partial charge is 0.253 e. The van der Waals surface area contributed by atoms with Crippen LogP contribution in [0, 0.1) is 20.8 Å². The van der Waals surface area contributed by atoms with Crippen LogP contribution in [-0.4, -0.2) is 62.9 Å². The van der Waals surface area contributed by atoms with Crippen molar-refractivity contribution in [3.05, 3.63) is 29.2 Å². The lowest BCUT2D eigenvalue weighted by molar-refractivity contribution is 0.178. The van der Waals surface area contributed by atoms with Gasteiger partial charge < -0.3 is 10.3 Å². The van der Waals surface area contributed by atoms with Crippen LogP contribution in [-0.2, 0) is 0 Å². The van der Waals surface area contributed by atoms with Crippen molar-refractivity contribution >= 4 is 5.82 Å². The number of nitrogens with zero attached hydrogens (tertiary/aromatic N) is 6. The maximum atomic E-state index is 4.61. The van der Waals surface area contributed by atoms with Gasteiger partial charge in [0.2, 0.25) is 0 Å². The third-order valence-electron chi connectivity index (χ3n) is 3.82. The third kappa shape index (κ3) is 3.26. The van der Waals surface area contributed by atoms with Gasteiger partial charge in [-0.1, -0.05) is 0 Å². The van der Waals surface area contributed by atoms with E-state index < -0.39 is 0 Å². The van der Waals surface area contributed by atoms with E-state index in [1.165, 1.54) is 0 Å². The Morgan fingerprint density at radius 2 is 1.68 bits per heavy atom. The summed E-state index contributed by atoms with van der Waals surface area (Å²) in [5.74, 6) is 1.43. The molecule has 22 heavy (non-hydrogen) atoms. The van der Waals surface area contributed by atoms with Crippen LogP contribution in [0.4, 0.5) is 5.82 Å². The lowest BCUT2D eigenvalue weighted by Crippen LogP contribution is -2.47. The number of hydrazine groups is 1. The quantitative estimate of drug-likeness (QED) is 0.918. The summed E-state index contributed by atoms with van der Waals surface area (Å²) in [5, 5.41) is 6.66. The van der Waals surface area contributed by atoms with Crippen LogP contribution in [0.5, 0.6) is 0 Å². The van der Waals surface area contributed by atoms with Gasteiger partial charge in [0.15, 0.2) is 0 Å². The predicted octanol–water partition coefficient (Wildman–Crippen LogP) is 1.16. The van der Waals surface area contributed by atoms with Gasteiger partial charge in [0.25, 0.3) is 5.95 Å². The Balaban J connectivity index is 1.82. The first-order valence-corrected chi connectivity index (χ1v) is 7.61. The molecule has 3 rings (SSSR count). The highest BCUT2D eigenvalue weighted by molar-refractivity contribution is 5.38. The predicted molar refractivity (Wildman–Crippen MR) is 86.1 cm³/mol. The lowest BCUT2D eigenvalue weighted by atomic mass is 10.4. The first kappa shape index (κ1) is 14.9. The van der Waals surface area contributed by atoms with Gasteiger partial charge in [-0.2, -0.15) is 10.1 Å². The average molecular weight is 301 g/mol. The third-order valence-corrected chi connectivity index (χ3v) is 3.82. The average Bonchev–Trinajstić information content (AvgIpc) is 2.80. The van der Waals surface area contributed by atoms with Crippen molar-refractivity contribution in [3.8, 4) is 5.95 Å². The summed E-state index contributed by atoms with van der Waals surface area (Å²) in [6.45, 7) is 10.0. The summed E-state index contributed by atoms with van der Waals surface area (Å²) in [6, 6.07) is 3.99. The van der Waals surface area contributed by atoms with E-state index in [2.05, 4.69) is 37.4 Å². The van der Waals surface area contributed by atoms with Crippen LogP contribution in [0.3, 0.4) is 0 Å². The summed E-state index contributed by atoms with van der Waals surface area (Å²) >= 11 is 0. The Kier molecular flexibility index (Phi) is 4.08. The molecule has 3 heterocycles. The monoisotopic (exact) mass is 301 g/mol. The van der Waals surface area contributed by atoms with Crippen molar-refractivity contribution in [1.82, 2.24) is 29.7 Å². The largest absolute Gasteiger partial charge is 0.304 e. The molecule has 1 fully saturated rings. The zero-order valence-corrected chi connectivity index (χ0v) is 13.7. The number of nitrogens with one attached hydrogen (secondary N) is 1. The Morgan fingerprint density at radius 3 is 2.32 bits per heavy atom. The second kappa shape index (κ2) is 6.02. The van der Waals surface area contributed by atoms with Crippen molar-refractivity contribution in [3.63, 3.8) is 0 Å². The van der Waals surface area contributed by atoms with E-state index >= 15 is 0 Å². The molecule has 118 valence electrons. The molecule has 0 atom stereocenters. The number of piperazine rings is 1. The molecule has 0 spiro atoms. The highest BCUT2D eigenvalue weighted by Gasteiger charge is 2.15. The summed E-state index contributed by atoms with van der Waals surface area (Å²) in [7, 11) is 2.15. The van der Waals surface area contributed by atoms with Crippen molar-refractivity contribution in [2.75, 3.05) is 38.7 Å². The van der Waals surface area contributed by atoms with Crippen LogP contribution < -0.4 is 5.43 Å². The van der Waals surface area contributed by atoms with E-state index in [9.17, 15) is 0 Å². The molecule has 0 amide bonds. The van der Waals surface area contributed by atoms with Crippen LogP contribution in [0.1, 0.15) is 17.1 Å². The molecule has 2 aromatic heterocycles. The molecule has 0 unspecified atom stereocenters. The molecule has 7 nitrogen and oxygen atoms in total. The molecule has 0 radical (unpaired) electrons. The molecule has 0 bridgehead atoms. The van der Waals surface area contributed by atoms with Gasteiger partial charge in [-0.25, -0.2) is 14.7 Å². The van der Waals surface area contributed by atoms with E-state index in [1.807, 2.05) is 32.9 Å². The zero-order chi connectivity index (χ0) is 15.7. The summed E-state index contributed by atoms with van der Waals surface area (Å²) in [4.78, 5) is 11.4. The topological polar surface area (TPSA) is 62.1 Å². The molecule has 0 saturated carbocycles. The molecular weight excluding hydrogens is 278 g/mol. The molecule has 0 aliphatic carbocycles. The second-order valence-corrected chi connectivity index (χ2v) is 5.94. The molecule has 0 aromatic carbocycles. The van der Waals surface area contributed by atoms with Gasteiger partial charge in [0.05, 0.1) is 5.69 Å². The number of likely N-dealkylation sites (N-methyl/N-ethyl adjacent to an activating group) is 1. The minimum Gasteiger partial charge on any atom is -0.304 e. The van der Waals surface area contributed by atoms with Crippen LogP contribution >= 0.6 is 0 Å². The minimum atomic E-state index is 0.613. The Labute approximate surface area is 130 Å². The van der Waals surface area contributed by atoms with Crippen molar-refractivity contribution in [2.24, 2.45) is 0 Å². The van der Waals surface area contributed by atoms with E-state index in [0.29, 0.717) is 5.95 Å². The molecule has 2 aromatic rings. The van der Waals surface area contributed by atoms with Crippen LogP contribution in [0.15, 0.2) is 12.1 Å². The summed E-state index contributed by atoms with van der Waals surface area (Å²) < 4.78 is 1.79. The fourth-order valence-electron chi connectivity index (χ4n) is 2.62. The highest BCUT2D eigenvalue weighted by Crippen LogP contribution is 2.13. The first-order chi connectivity index (χ1) is 10.5. The van der Waals surface area contributed by atoms with Crippen molar-refractivity contribution < 1.29 is 0 Å². The maximum Gasteiger partial charge on any atom is 0.253 e. The summed E-state index contributed by atoms with van der Waals surface area (Å²) in [5.41, 5.74) is 6.32. The Hall–Kier alpha value is -1.99. The van der Waals surface area contributed by atoms with Gasteiger partial charge in [-0.05, 0) is 33.9 Å². The van der Waals surface area contributed by atoms with Crippen LogP contribution in [0.25, 0.3) is 5.95 Å². The molecule has 1 N–H and O–H groups in total. The van der Waals surface area contributed by atoms with Gasteiger partial charge in [-0.3, -0.25) is 0 Å². The molecule has 1 aliphatic heterocycles. The second-order valence-electron chi connectivity index (χ2n) is 5.94. The fraction of sp³-hybridized carbons (Fsp3) is 0.533. The number of aromatic nitrogens is 4. The number of hydrogen-bond donors (Lipinski definition) is 1. The number of aryl methyl sites for hydroxylation is 3. The molecule has 1 saturated heterocycles.